The SMILES string of the molecule is O=C(CSc1nnc(-c2ccccc2Cl)n1Cc1ccccc1)NC1CCCC1. The Bertz CT molecular complexity index is 970. The summed E-state index contributed by atoms with van der Waals surface area (Å²) in [4.78, 5) is 12.4. The van der Waals surface area contributed by atoms with Crippen LogP contribution in [0.1, 0.15) is 31.2 Å². The lowest BCUT2D eigenvalue weighted by atomic mass is 10.2. The van der Waals surface area contributed by atoms with Crippen LogP contribution in [0.3, 0.4) is 0 Å². The Morgan fingerprint density at radius 3 is 2.55 bits per heavy atom. The van der Waals surface area contributed by atoms with E-state index in [4.69, 9.17) is 11.6 Å². The van der Waals surface area contributed by atoms with Gasteiger partial charge in [0.25, 0.3) is 0 Å². The molecule has 0 bridgehead atoms. The van der Waals surface area contributed by atoms with Gasteiger partial charge in [-0.05, 0) is 30.5 Å². The van der Waals surface area contributed by atoms with Gasteiger partial charge in [0, 0.05) is 11.6 Å². The normalized spacial score (nSPS) is 14.2. The molecule has 2 aromatic carbocycles. The van der Waals surface area contributed by atoms with E-state index < -0.39 is 0 Å². The third-order valence-electron chi connectivity index (χ3n) is 5.07. The van der Waals surface area contributed by atoms with Crippen LogP contribution in [0.2, 0.25) is 5.02 Å². The number of aromatic nitrogens is 3. The van der Waals surface area contributed by atoms with Crippen LogP contribution >= 0.6 is 23.4 Å². The van der Waals surface area contributed by atoms with Gasteiger partial charge in [0.15, 0.2) is 11.0 Å². The number of carbonyl (C=O) groups excluding carboxylic acids is 1. The molecule has 5 nitrogen and oxygen atoms in total. The highest BCUT2D eigenvalue weighted by Crippen LogP contribution is 2.30. The van der Waals surface area contributed by atoms with Gasteiger partial charge in [0.2, 0.25) is 5.91 Å². The van der Waals surface area contributed by atoms with E-state index >= 15 is 0 Å². The van der Waals surface area contributed by atoms with E-state index in [2.05, 4.69) is 27.6 Å². The number of hydrogen-bond donors (Lipinski definition) is 1. The monoisotopic (exact) mass is 426 g/mol. The van der Waals surface area contributed by atoms with Crippen LogP contribution < -0.4 is 5.32 Å². The second-order valence-electron chi connectivity index (χ2n) is 7.20. The second-order valence-corrected chi connectivity index (χ2v) is 8.55. The Labute approximate surface area is 179 Å². The maximum Gasteiger partial charge on any atom is 0.230 e. The number of amides is 1. The number of carbonyl (C=O) groups is 1. The third kappa shape index (κ3) is 5.00. The van der Waals surface area contributed by atoms with Gasteiger partial charge in [-0.2, -0.15) is 0 Å². The molecule has 0 saturated heterocycles. The van der Waals surface area contributed by atoms with E-state index in [0.29, 0.717) is 34.3 Å². The first-order valence-corrected chi connectivity index (χ1v) is 11.2. The molecule has 0 unspecified atom stereocenters. The molecule has 3 aromatic rings. The fourth-order valence-corrected chi connectivity index (χ4v) is 4.58. The first-order valence-electron chi connectivity index (χ1n) is 9.85. The minimum absolute atomic E-state index is 0.0513. The zero-order valence-electron chi connectivity index (χ0n) is 16.1. The number of halogens is 1. The summed E-state index contributed by atoms with van der Waals surface area (Å²) in [6.45, 7) is 0.612. The van der Waals surface area contributed by atoms with E-state index in [9.17, 15) is 4.79 Å². The number of rotatable bonds is 7. The molecule has 0 spiro atoms. The van der Waals surface area contributed by atoms with E-state index in [1.165, 1.54) is 24.6 Å². The molecule has 0 atom stereocenters. The number of benzene rings is 2. The standard InChI is InChI=1S/C22H23ClN4OS/c23-19-13-7-6-12-18(19)21-25-26-22(27(21)14-16-8-2-1-3-9-16)29-15-20(28)24-17-10-4-5-11-17/h1-3,6-9,12-13,17H,4-5,10-11,14-15H2,(H,24,28). The van der Waals surface area contributed by atoms with Gasteiger partial charge in [-0.1, -0.05) is 78.7 Å². The topological polar surface area (TPSA) is 59.8 Å². The van der Waals surface area contributed by atoms with Crippen LogP contribution in [0.25, 0.3) is 11.4 Å². The van der Waals surface area contributed by atoms with Gasteiger partial charge in [-0.25, -0.2) is 0 Å². The molecule has 29 heavy (non-hydrogen) atoms. The molecule has 0 radical (unpaired) electrons. The number of thioether (sulfide) groups is 1. The Morgan fingerprint density at radius 1 is 1.07 bits per heavy atom. The molecular formula is C22H23ClN4OS. The summed E-state index contributed by atoms with van der Waals surface area (Å²) in [5.74, 6) is 1.08. The maximum atomic E-state index is 12.4. The predicted octanol–water partition coefficient (Wildman–Crippen LogP) is 4.80. The van der Waals surface area contributed by atoms with Gasteiger partial charge in [0.05, 0.1) is 17.3 Å². The average molecular weight is 427 g/mol. The molecule has 0 aliphatic heterocycles. The Kier molecular flexibility index (Phi) is 6.52. The summed E-state index contributed by atoms with van der Waals surface area (Å²) < 4.78 is 2.03. The van der Waals surface area contributed by atoms with Crippen molar-refractivity contribution in [1.82, 2.24) is 20.1 Å². The van der Waals surface area contributed by atoms with Gasteiger partial charge >= 0.3 is 0 Å². The van der Waals surface area contributed by atoms with Crippen molar-refractivity contribution >= 4 is 29.3 Å². The largest absolute Gasteiger partial charge is 0.353 e. The number of nitrogens with zero attached hydrogens (tertiary/aromatic N) is 3. The fraction of sp³-hybridized carbons (Fsp3) is 0.318. The van der Waals surface area contributed by atoms with Crippen molar-refractivity contribution in [1.29, 1.82) is 0 Å². The highest BCUT2D eigenvalue weighted by molar-refractivity contribution is 7.99. The summed E-state index contributed by atoms with van der Waals surface area (Å²) in [6.07, 6.45) is 4.56. The quantitative estimate of drug-likeness (QED) is 0.551. The highest BCUT2D eigenvalue weighted by Gasteiger charge is 2.20. The Morgan fingerprint density at radius 2 is 1.79 bits per heavy atom. The molecule has 7 heteroatoms. The van der Waals surface area contributed by atoms with Crippen molar-refractivity contribution in [3.8, 4) is 11.4 Å². The zero-order chi connectivity index (χ0) is 20.1. The first kappa shape index (κ1) is 20.0. The zero-order valence-corrected chi connectivity index (χ0v) is 17.6. The molecular weight excluding hydrogens is 404 g/mol. The fourth-order valence-electron chi connectivity index (χ4n) is 3.62. The summed E-state index contributed by atoms with van der Waals surface area (Å²) in [6, 6.07) is 18.1. The molecule has 1 aliphatic carbocycles. The van der Waals surface area contributed by atoms with Crippen LogP contribution in [0.5, 0.6) is 0 Å². The van der Waals surface area contributed by atoms with Crippen LogP contribution in [0.15, 0.2) is 59.8 Å². The summed E-state index contributed by atoms with van der Waals surface area (Å²) in [5, 5.41) is 13.2. The van der Waals surface area contributed by atoms with Crippen LogP contribution in [0, 0.1) is 0 Å². The van der Waals surface area contributed by atoms with E-state index in [0.717, 1.165) is 24.0 Å². The van der Waals surface area contributed by atoms with Gasteiger partial charge < -0.3 is 5.32 Å². The minimum atomic E-state index is 0.0513. The molecule has 1 fully saturated rings. The molecule has 150 valence electrons. The van der Waals surface area contributed by atoms with Crippen LogP contribution in [-0.4, -0.2) is 32.5 Å². The lowest BCUT2D eigenvalue weighted by Crippen LogP contribution is -2.33. The number of hydrogen-bond acceptors (Lipinski definition) is 4. The van der Waals surface area contributed by atoms with E-state index in [-0.39, 0.29) is 5.91 Å². The molecule has 1 heterocycles. The summed E-state index contributed by atoms with van der Waals surface area (Å²) in [5.41, 5.74) is 1.97. The highest BCUT2D eigenvalue weighted by atomic mass is 35.5. The summed E-state index contributed by atoms with van der Waals surface area (Å²) in [7, 11) is 0. The molecule has 1 saturated carbocycles. The lowest BCUT2D eigenvalue weighted by molar-refractivity contribution is -0.119. The molecule has 1 aromatic heterocycles. The second kappa shape index (κ2) is 9.46. The lowest BCUT2D eigenvalue weighted by Gasteiger charge is -2.13. The van der Waals surface area contributed by atoms with Crippen molar-refractivity contribution in [2.24, 2.45) is 0 Å². The van der Waals surface area contributed by atoms with Crippen molar-refractivity contribution in [3.05, 3.63) is 65.2 Å². The van der Waals surface area contributed by atoms with Gasteiger partial charge in [0.1, 0.15) is 0 Å². The van der Waals surface area contributed by atoms with Gasteiger partial charge in [-0.3, -0.25) is 9.36 Å². The van der Waals surface area contributed by atoms with E-state index in [1.807, 2.05) is 47.0 Å². The predicted molar refractivity (Wildman–Crippen MR) is 117 cm³/mol. The Hall–Kier alpha value is -2.31. The molecule has 1 N–H and O–H groups in total. The first-order chi connectivity index (χ1) is 14.2. The average Bonchev–Trinajstić information content (AvgIpc) is 3.38. The summed E-state index contributed by atoms with van der Waals surface area (Å²) >= 11 is 7.83. The van der Waals surface area contributed by atoms with Gasteiger partial charge in [-0.15, -0.1) is 10.2 Å². The maximum absolute atomic E-state index is 12.4. The van der Waals surface area contributed by atoms with Crippen molar-refractivity contribution in [2.45, 2.75) is 43.4 Å². The van der Waals surface area contributed by atoms with Crippen molar-refractivity contribution in [2.75, 3.05) is 5.75 Å². The third-order valence-corrected chi connectivity index (χ3v) is 6.36. The Balaban J connectivity index is 1.56. The molecule has 1 amide bonds. The minimum Gasteiger partial charge on any atom is -0.353 e. The van der Waals surface area contributed by atoms with Crippen LogP contribution in [0.4, 0.5) is 0 Å². The molecule has 1 aliphatic rings. The smallest absolute Gasteiger partial charge is 0.230 e. The number of nitrogens with one attached hydrogen (secondary N) is 1. The molecule has 4 rings (SSSR count). The van der Waals surface area contributed by atoms with Crippen molar-refractivity contribution in [3.63, 3.8) is 0 Å². The van der Waals surface area contributed by atoms with E-state index in [1.54, 1.807) is 0 Å². The van der Waals surface area contributed by atoms with Crippen LogP contribution in [-0.2, 0) is 11.3 Å². The van der Waals surface area contributed by atoms with Crippen molar-refractivity contribution < 1.29 is 4.79 Å².